The van der Waals surface area contributed by atoms with Gasteiger partial charge in [-0.1, -0.05) is 42.5 Å². The summed E-state index contributed by atoms with van der Waals surface area (Å²) in [5, 5.41) is 10.5. The lowest BCUT2D eigenvalue weighted by Gasteiger charge is -2.14. The molecule has 0 saturated carbocycles. The van der Waals surface area contributed by atoms with Gasteiger partial charge in [0.25, 0.3) is 11.8 Å². The van der Waals surface area contributed by atoms with Crippen LogP contribution in [-0.2, 0) is 16.2 Å². The van der Waals surface area contributed by atoms with Gasteiger partial charge in [0.1, 0.15) is 12.2 Å². The van der Waals surface area contributed by atoms with Crippen LogP contribution < -0.4 is 19.9 Å². The summed E-state index contributed by atoms with van der Waals surface area (Å²) in [4.78, 5) is 25.3. The summed E-state index contributed by atoms with van der Waals surface area (Å²) in [7, 11) is 0. The number of anilines is 1. The SMILES string of the molecule is CCOc1cc(C=C2C(=O)NN(c3ccccc3)C2=O)ccc1OCc1ccccc1C#N. The first kappa shape index (κ1) is 21.7. The van der Waals surface area contributed by atoms with Crippen molar-refractivity contribution in [3.8, 4) is 17.6 Å². The highest BCUT2D eigenvalue weighted by atomic mass is 16.5. The quantitative estimate of drug-likeness (QED) is 0.444. The Balaban J connectivity index is 1.57. The number of nitrogens with zero attached hydrogens (tertiary/aromatic N) is 2. The number of para-hydroxylation sites is 1. The van der Waals surface area contributed by atoms with Gasteiger partial charge >= 0.3 is 0 Å². The monoisotopic (exact) mass is 439 g/mol. The number of benzene rings is 3. The van der Waals surface area contributed by atoms with Crippen molar-refractivity contribution in [1.29, 1.82) is 5.26 Å². The van der Waals surface area contributed by atoms with Crippen LogP contribution in [0.5, 0.6) is 11.5 Å². The molecule has 0 atom stereocenters. The zero-order valence-corrected chi connectivity index (χ0v) is 17.9. The van der Waals surface area contributed by atoms with E-state index < -0.39 is 11.8 Å². The Hall–Kier alpha value is -4.57. The Morgan fingerprint density at radius 1 is 0.970 bits per heavy atom. The van der Waals surface area contributed by atoms with Crippen LogP contribution in [-0.4, -0.2) is 18.4 Å². The van der Waals surface area contributed by atoms with Crippen LogP contribution in [0.3, 0.4) is 0 Å². The largest absolute Gasteiger partial charge is 0.490 e. The number of ether oxygens (including phenoxy) is 2. The van der Waals surface area contributed by atoms with Gasteiger partial charge in [0, 0.05) is 5.56 Å². The molecule has 1 N–H and O–H groups in total. The lowest BCUT2D eigenvalue weighted by Crippen LogP contribution is -2.35. The van der Waals surface area contributed by atoms with Crippen molar-refractivity contribution >= 4 is 23.6 Å². The Labute approximate surface area is 191 Å². The zero-order chi connectivity index (χ0) is 23.2. The van der Waals surface area contributed by atoms with Crippen molar-refractivity contribution in [2.75, 3.05) is 11.6 Å². The van der Waals surface area contributed by atoms with E-state index in [4.69, 9.17) is 9.47 Å². The van der Waals surface area contributed by atoms with E-state index in [0.29, 0.717) is 34.9 Å². The molecule has 164 valence electrons. The summed E-state index contributed by atoms with van der Waals surface area (Å²) in [5.74, 6) is 0.0692. The van der Waals surface area contributed by atoms with E-state index in [1.807, 2.05) is 25.1 Å². The van der Waals surface area contributed by atoms with E-state index in [1.54, 1.807) is 54.6 Å². The summed E-state index contributed by atoms with van der Waals surface area (Å²) < 4.78 is 11.6. The Kier molecular flexibility index (Phi) is 6.37. The van der Waals surface area contributed by atoms with Crippen LogP contribution >= 0.6 is 0 Å². The fourth-order valence-electron chi connectivity index (χ4n) is 3.40. The maximum Gasteiger partial charge on any atom is 0.282 e. The van der Waals surface area contributed by atoms with Gasteiger partial charge in [0.2, 0.25) is 0 Å². The number of rotatable bonds is 7. The molecule has 1 aliphatic rings. The number of amides is 2. The van der Waals surface area contributed by atoms with Crippen LogP contribution in [0.15, 0.2) is 78.4 Å². The van der Waals surface area contributed by atoms with Crippen molar-refractivity contribution in [2.24, 2.45) is 0 Å². The first-order valence-electron chi connectivity index (χ1n) is 10.4. The van der Waals surface area contributed by atoms with E-state index in [2.05, 4.69) is 11.5 Å². The van der Waals surface area contributed by atoms with Crippen LogP contribution in [0.4, 0.5) is 5.69 Å². The molecular weight excluding hydrogens is 418 g/mol. The number of hydrogen-bond acceptors (Lipinski definition) is 5. The maximum absolute atomic E-state index is 12.8. The van der Waals surface area contributed by atoms with E-state index in [1.165, 1.54) is 11.1 Å². The normalized spacial score (nSPS) is 14.2. The number of hydrazine groups is 1. The first-order valence-corrected chi connectivity index (χ1v) is 10.4. The smallest absolute Gasteiger partial charge is 0.282 e. The summed E-state index contributed by atoms with van der Waals surface area (Å²) in [6.07, 6.45) is 1.53. The van der Waals surface area contributed by atoms with Gasteiger partial charge in [0.15, 0.2) is 11.5 Å². The number of nitrogens with one attached hydrogen (secondary N) is 1. The Bertz CT molecular complexity index is 1260. The predicted molar refractivity (Wildman–Crippen MR) is 123 cm³/mol. The molecular formula is C26H21N3O4. The number of nitriles is 1. The average molecular weight is 439 g/mol. The van der Waals surface area contributed by atoms with Crippen LogP contribution in [0.1, 0.15) is 23.6 Å². The highest BCUT2D eigenvalue weighted by molar-refractivity contribution is 6.31. The van der Waals surface area contributed by atoms with Crippen molar-refractivity contribution < 1.29 is 19.1 Å². The van der Waals surface area contributed by atoms with Crippen LogP contribution in [0.2, 0.25) is 0 Å². The van der Waals surface area contributed by atoms with E-state index in [9.17, 15) is 14.9 Å². The van der Waals surface area contributed by atoms with Gasteiger partial charge in [-0.25, -0.2) is 5.01 Å². The lowest BCUT2D eigenvalue weighted by atomic mass is 10.1. The summed E-state index contributed by atoms with van der Waals surface area (Å²) in [5.41, 5.74) is 5.13. The molecule has 7 heteroatoms. The van der Waals surface area contributed by atoms with E-state index in [0.717, 1.165) is 5.56 Å². The number of hydrogen-bond donors (Lipinski definition) is 1. The third-order valence-corrected chi connectivity index (χ3v) is 5.01. The fraction of sp³-hybridized carbons (Fsp3) is 0.115. The molecule has 2 amide bonds. The molecule has 0 bridgehead atoms. The van der Waals surface area contributed by atoms with Crippen molar-refractivity contribution in [3.63, 3.8) is 0 Å². The molecule has 33 heavy (non-hydrogen) atoms. The third-order valence-electron chi connectivity index (χ3n) is 5.01. The Morgan fingerprint density at radius 2 is 1.73 bits per heavy atom. The molecule has 4 rings (SSSR count). The minimum atomic E-state index is -0.477. The van der Waals surface area contributed by atoms with E-state index in [-0.39, 0.29) is 12.2 Å². The van der Waals surface area contributed by atoms with Crippen LogP contribution in [0, 0.1) is 11.3 Å². The zero-order valence-electron chi connectivity index (χ0n) is 17.9. The fourth-order valence-corrected chi connectivity index (χ4v) is 3.40. The summed E-state index contributed by atoms with van der Waals surface area (Å²) >= 11 is 0. The van der Waals surface area contributed by atoms with E-state index >= 15 is 0 Å². The van der Waals surface area contributed by atoms with Crippen molar-refractivity contribution in [3.05, 3.63) is 95.1 Å². The molecule has 1 heterocycles. The molecule has 0 radical (unpaired) electrons. The molecule has 0 spiro atoms. The van der Waals surface area contributed by atoms with Gasteiger partial charge in [-0.3, -0.25) is 15.0 Å². The van der Waals surface area contributed by atoms with Gasteiger partial charge < -0.3 is 9.47 Å². The second kappa shape index (κ2) is 9.71. The maximum atomic E-state index is 12.8. The number of carbonyl (C=O) groups is 2. The first-order chi connectivity index (χ1) is 16.1. The average Bonchev–Trinajstić information content (AvgIpc) is 3.13. The predicted octanol–water partition coefficient (Wildman–Crippen LogP) is 4.00. The standard InChI is InChI=1S/C26H21N3O4/c1-2-32-24-15-18(12-13-23(24)33-17-20-9-7-6-8-19(20)16-27)14-22-25(30)28-29(26(22)31)21-10-4-3-5-11-21/h3-15H,2,17H2,1H3,(H,28,30). The van der Waals surface area contributed by atoms with Gasteiger partial charge in [-0.05, 0) is 48.9 Å². The number of carbonyl (C=O) groups excluding carboxylic acids is 2. The highest BCUT2D eigenvalue weighted by Gasteiger charge is 2.34. The lowest BCUT2D eigenvalue weighted by molar-refractivity contribution is -0.117. The molecule has 3 aromatic carbocycles. The highest BCUT2D eigenvalue weighted by Crippen LogP contribution is 2.31. The molecule has 1 aliphatic heterocycles. The molecule has 3 aromatic rings. The molecule has 0 unspecified atom stereocenters. The van der Waals surface area contributed by atoms with Crippen molar-refractivity contribution in [2.45, 2.75) is 13.5 Å². The third kappa shape index (κ3) is 4.70. The summed E-state index contributed by atoms with van der Waals surface area (Å²) in [6, 6.07) is 23.4. The molecule has 7 nitrogen and oxygen atoms in total. The van der Waals surface area contributed by atoms with Gasteiger partial charge in [-0.2, -0.15) is 5.26 Å². The van der Waals surface area contributed by atoms with Crippen LogP contribution in [0.25, 0.3) is 6.08 Å². The topological polar surface area (TPSA) is 91.7 Å². The molecule has 1 fully saturated rings. The molecule has 0 aliphatic carbocycles. The minimum absolute atomic E-state index is 0.0258. The van der Waals surface area contributed by atoms with Crippen molar-refractivity contribution in [1.82, 2.24) is 5.43 Å². The molecule has 0 aromatic heterocycles. The second-order valence-corrected chi connectivity index (χ2v) is 7.17. The van der Waals surface area contributed by atoms with Gasteiger partial charge in [-0.15, -0.1) is 0 Å². The van der Waals surface area contributed by atoms with Gasteiger partial charge in [0.05, 0.1) is 23.9 Å². The Morgan fingerprint density at radius 3 is 2.48 bits per heavy atom. The minimum Gasteiger partial charge on any atom is -0.490 e. The summed E-state index contributed by atoms with van der Waals surface area (Å²) in [6.45, 7) is 2.47. The second-order valence-electron chi connectivity index (χ2n) is 7.17. The molecule has 1 saturated heterocycles.